The minimum Gasteiger partial charge on any atom is -0.337 e. The van der Waals surface area contributed by atoms with E-state index in [-0.39, 0.29) is 0 Å². The second kappa shape index (κ2) is 16.5. The molecule has 0 amide bonds. The van der Waals surface area contributed by atoms with Crippen LogP contribution in [0.1, 0.15) is 36.8 Å². The van der Waals surface area contributed by atoms with Gasteiger partial charge in [0.05, 0.1) is 11.4 Å². The van der Waals surface area contributed by atoms with Crippen molar-refractivity contribution in [1.29, 1.82) is 0 Å². The molecule has 2 unspecified atom stereocenters. The number of aryl methyl sites for hydroxylation is 1. The van der Waals surface area contributed by atoms with Crippen LogP contribution in [-0.4, -0.2) is 10.6 Å². The molecule has 2 aliphatic rings. The van der Waals surface area contributed by atoms with Gasteiger partial charge in [0.1, 0.15) is 0 Å². The van der Waals surface area contributed by atoms with Crippen LogP contribution in [0.2, 0.25) is 0 Å². The van der Waals surface area contributed by atoms with Crippen molar-refractivity contribution in [3.8, 4) is 50.5 Å². The summed E-state index contributed by atoms with van der Waals surface area (Å²) in [6.45, 7) is 2.18. The lowest BCUT2D eigenvalue weighted by molar-refractivity contribution is 0.451. The summed E-state index contributed by atoms with van der Waals surface area (Å²) in [6, 6.07) is 77.1. The predicted molar refractivity (Wildman–Crippen MR) is 277 cm³/mol. The van der Waals surface area contributed by atoms with Crippen LogP contribution in [0.15, 0.2) is 224 Å². The molecular weight excluding hydrogens is 785 g/mol. The Hall–Kier alpha value is -7.68. The third-order valence-corrected chi connectivity index (χ3v) is 14.0. The van der Waals surface area contributed by atoms with Crippen molar-refractivity contribution in [2.24, 2.45) is 5.92 Å². The highest BCUT2D eigenvalue weighted by molar-refractivity contribution is 6.22. The fourth-order valence-corrected chi connectivity index (χ4v) is 10.9. The molecule has 1 aliphatic heterocycles. The van der Waals surface area contributed by atoms with Crippen molar-refractivity contribution in [1.82, 2.24) is 4.57 Å². The maximum absolute atomic E-state index is 2.68. The molecule has 312 valence electrons. The van der Waals surface area contributed by atoms with Crippen LogP contribution in [0.5, 0.6) is 0 Å². The summed E-state index contributed by atoms with van der Waals surface area (Å²) >= 11 is 0. The number of fused-ring (bicyclic) bond motifs is 3. The minimum absolute atomic E-state index is 0.351. The van der Waals surface area contributed by atoms with Gasteiger partial charge in [-0.2, -0.15) is 0 Å². The largest absolute Gasteiger partial charge is 0.337 e. The van der Waals surface area contributed by atoms with Gasteiger partial charge in [0.25, 0.3) is 0 Å². The summed E-state index contributed by atoms with van der Waals surface area (Å²) in [4.78, 5) is 2.68. The number of hydrogen-bond acceptors (Lipinski definition) is 1. The van der Waals surface area contributed by atoms with E-state index in [9.17, 15) is 0 Å². The predicted octanol–water partition coefficient (Wildman–Crippen LogP) is 16.9. The van der Waals surface area contributed by atoms with E-state index in [1.54, 1.807) is 0 Å². The van der Waals surface area contributed by atoms with Gasteiger partial charge in [0, 0.05) is 23.1 Å². The molecule has 0 fully saturated rings. The van der Waals surface area contributed by atoms with Crippen LogP contribution in [0.4, 0.5) is 5.69 Å². The highest BCUT2D eigenvalue weighted by atomic mass is 15.2. The Morgan fingerprint density at radius 2 is 1.02 bits per heavy atom. The molecule has 10 aromatic rings. The molecule has 2 nitrogen and oxygen atoms in total. The van der Waals surface area contributed by atoms with Gasteiger partial charge in [-0.05, 0) is 152 Å². The summed E-state index contributed by atoms with van der Waals surface area (Å²) in [5, 5.41) is 7.48. The zero-order valence-corrected chi connectivity index (χ0v) is 36.7. The van der Waals surface area contributed by atoms with E-state index in [2.05, 4.69) is 241 Å². The van der Waals surface area contributed by atoms with E-state index in [4.69, 9.17) is 0 Å². The first-order chi connectivity index (χ1) is 32.2. The van der Waals surface area contributed by atoms with Gasteiger partial charge in [-0.25, -0.2) is 0 Å². The maximum Gasteiger partial charge on any atom is 0.0535 e. The zero-order valence-electron chi connectivity index (χ0n) is 36.7. The van der Waals surface area contributed by atoms with Crippen LogP contribution in [-0.2, 0) is 0 Å². The summed E-state index contributed by atoms with van der Waals surface area (Å²) in [5.41, 5.74) is 15.9. The van der Waals surface area contributed by atoms with Crippen LogP contribution >= 0.6 is 0 Å². The Labute approximate surface area is 382 Å². The van der Waals surface area contributed by atoms with Gasteiger partial charge in [-0.3, -0.25) is 0 Å². The Kier molecular flexibility index (Phi) is 9.87. The number of benzene rings is 9. The van der Waals surface area contributed by atoms with Crippen molar-refractivity contribution >= 4 is 43.7 Å². The first-order valence-corrected chi connectivity index (χ1v) is 23.3. The van der Waals surface area contributed by atoms with Gasteiger partial charge >= 0.3 is 0 Å². The van der Waals surface area contributed by atoms with Gasteiger partial charge in [0.2, 0.25) is 0 Å². The van der Waals surface area contributed by atoms with E-state index in [0.717, 1.165) is 23.5 Å². The quantitative estimate of drug-likeness (QED) is 0.109. The van der Waals surface area contributed by atoms with E-state index in [1.165, 1.54) is 107 Å². The Morgan fingerprint density at radius 1 is 0.446 bits per heavy atom. The number of anilines is 1. The first-order valence-electron chi connectivity index (χ1n) is 23.3. The van der Waals surface area contributed by atoms with E-state index < -0.39 is 0 Å². The lowest BCUT2D eigenvalue weighted by Crippen LogP contribution is -2.35. The molecule has 2 atom stereocenters. The van der Waals surface area contributed by atoms with E-state index in [0.29, 0.717) is 12.0 Å². The number of nitrogens with zero attached hydrogens (tertiary/aromatic N) is 2. The van der Waals surface area contributed by atoms with Crippen LogP contribution in [0.3, 0.4) is 0 Å². The van der Waals surface area contributed by atoms with E-state index in [1.807, 2.05) is 0 Å². The van der Waals surface area contributed by atoms with Crippen LogP contribution < -0.4 is 4.90 Å². The number of aromatic nitrogens is 1. The standard InChI is InChI=1S/C63H50N2/c1-43-26-28-49(29-27-43)62-54-34-32-53(65-60(47-21-10-4-11-22-47)38-39-61(65)48-23-12-5-13-24-48)42-57(54)63(51-31-30-44-16-14-15-25-50(44)40-51)55-35-33-52(41-56(55)62)64-58(45-17-6-2-7-18-45)36-37-59(64)46-19-8-3-9-20-46/h2,4-8,10-19,21-36,38-42,46,59H,3,9,20,37H2,1H3. The molecule has 0 radical (unpaired) electrons. The van der Waals surface area contributed by atoms with Crippen molar-refractivity contribution in [2.45, 2.75) is 38.6 Å². The second-order valence-electron chi connectivity index (χ2n) is 18.0. The molecule has 0 saturated heterocycles. The monoisotopic (exact) mass is 834 g/mol. The second-order valence-corrected chi connectivity index (χ2v) is 18.0. The fourth-order valence-electron chi connectivity index (χ4n) is 10.9. The molecule has 1 aromatic heterocycles. The maximum atomic E-state index is 2.68. The molecule has 12 rings (SSSR count). The van der Waals surface area contributed by atoms with Crippen molar-refractivity contribution in [3.63, 3.8) is 0 Å². The molecule has 65 heavy (non-hydrogen) atoms. The molecule has 2 heterocycles. The Bertz CT molecular complexity index is 3370. The summed E-state index contributed by atoms with van der Waals surface area (Å²) < 4.78 is 2.46. The Balaban J connectivity index is 1.16. The lowest BCUT2D eigenvalue weighted by atomic mass is 9.84. The lowest BCUT2D eigenvalue weighted by Gasteiger charge is -2.36. The Morgan fingerprint density at radius 3 is 1.66 bits per heavy atom. The molecule has 0 N–H and O–H groups in total. The summed E-state index contributed by atoms with van der Waals surface area (Å²) in [7, 11) is 0. The smallest absolute Gasteiger partial charge is 0.0535 e. The average Bonchev–Trinajstić information content (AvgIpc) is 4.03. The number of rotatable bonds is 8. The van der Waals surface area contributed by atoms with Gasteiger partial charge < -0.3 is 9.47 Å². The summed E-state index contributed by atoms with van der Waals surface area (Å²) in [5.74, 6) is 0.493. The SMILES string of the molecule is Cc1ccc(-c2c3ccc(-n4c(-c5ccccc5)ccc4-c4ccccc4)cc3c(-c3ccc4ccccc4c3)c3ccc(N4C(c5ccccc5)=CCC4C4C=CCCC4)cc23)cc1. The van der Waals surface area contributed by atoms with Crippen molar-refractivity contribution in [3.05, 3.63) is 236 Å². The molecule has 0 spiro atoms. The highest BCUT2D eigenvalue weighted by Crippen LogP contribution is 2.49. The molecule has 0 saturated carbocycles. The third kappa shape index (κ3) is 6.98. The van der Waals surface area contributed by atoms with Crippen LogP contribution in [0.25, 0.3) is 88.5 Å². The van der Waals surface area contributed by atoms with Crippen molar-refractivity contribution in [2.75, 3.05) is 4.90 Å². The topological polar surface area (TPSA) is 8.17 Å². The molecule has 1 aliphatic carbocycles. The highest BCUT2D eigenvalue weighted by Gasteiger charge is 2.34. The van der Waals surface area contributed by atoms with Gasteiger partial charge in [0.15, 0.2) is 0 Å². The van der Waals surface area contributed by atoms with Gasteiger partial charge in [-0.1, -0.05) is 188 Å². The minimum atomic E-state index is 0.351. The van der Waals surface area contributed by atoms with Crippen molar-refractivity contribution < 1.29 is 0 Å². The zero-order chi connectivity index (χ0) is 43.3. The summed E-state index contributed by atoms with van der Waals surface area (Å²) in [6.07, 6.45) is 12.1. The number of allylic oxidation sites excluding steroid dienone is 1. The molecular formula is C63H50N2. The van der Waals surface area contributed by atoms with E-state index >= 15 is 0 Å². The molecule has 0 bridgehead atoms. The molecule has 9 aromatic carbocycles. The number of hydrogen-bond donors (Lipinski definition) is 0. The van der Waals surface area contributed by atoms with Crippen LogP contribution in [0, 0.1) is 12.8 Å². The normalized spacial score (nSPS) is 16.1. The fraction of sp³-hybridized carbons (Fsp3) is 0.111. The first kappa shape index (κ1) is 39.0. The average molecular weight is 835 g/mol. The molecule has 2 heteroatoms. The third-order valence-electron chi connectivity index (χ3n) is 14.0. The van der Waals surface area contributed by atoms with Gasteiger partial charge in [-0.15, -0.1) is 0 Å².